The molecule has 0 aliphatic carbocycles. The summed E-state index contributed by atoms with van der Waals surface area (Å²) in [5, 5.41) is 20.3. The van der Waals surface area contributed by atoms with E-state index in [0.29, 0.717) is 35.0 Å². The van der Waals surface area contributed by atoms with Crippen molar-refractivity contribution in [3.63, 3.8) is 0 Å². The van der Waals surface area contributed by atoms with Crippen molar-refractivity contribution in [2.75, 3.05) is 18.4 Å². The fourth-order valence-electron chi connectivity index (χ4n) is 3.36. The third-order valence-electron chi connectivity index (χ3n) is 5.14. The summed E-state index contributed by atoms with van der Waals surface area (Å²) in [5.74, 6) is 0.260. The Kier molecular flexibility index (Phi) is 6.92. The van der Waals surface area contributed by atoms with Crippen LogP contribution in [-0.2, 0) is 0 Å². The Balaban J connectivity index is 1.47. The molecule has 2 aromatic carbocycles. The molecule has 2 aromatic heterocycles. The quantitative estimate of drug-likeness (QED) is 0.321. The van der Waals surface area contributed by atoms with Gasteiger partial charge in [-0.1, -0.05) is 41.9 Å². The summed E-state index contributed by atoms with van der Waals surface area (Å²) in [6.45, 7) is 2.67. The number of rotatable bonds is 7. The molecule has 2 heterocycles. The topological polar surface area (TPSA) is 95.1 Å². The van der Waals surface area contributed by atoms with Crippen LogP contribution in [0.15, 0.2) is 65.3 Å². The molecular weight excluding hydrogens is 504 g/mol. The first-order valence-corrected chi connectivity index (χ1v) is 11.5. The summed E-state index contributed by atoms with van der Waals surface area (Å²) in [6, 6.07) is 18.7. The second-order valence-corrected chi connectivity index (χ2v) is 8.65. The molecule has 0 spiro atoms. The predicted octanol–water partition coefficient (Wildman–Crippen LogP) is 5.28. The number of nitriles is 1. The minimum atomic E-state index is -0.269. The van der Waals surface area contributed by atoms with Gasteiger partial charge in [0.25, 0.3) is 5.91 Å². The van der Waals surface area contributed by atoms with Gasteiger partial charge in [-0.05, 0) is 46.6 Å². The van der Waals surface area contributed by atoms with E-state index in [9.17, 15) is 4.79 Å². The van der Waals surface area contributed by atoms with Crippen LogP contribution in [0.4, 0.5) is 5.82 Å². The maximum absolute atomic E-state index is 12.5. The Morgan fingerprint density at radius 1 is 1.21 bits per heavy atom. The summed E-state index contributed by atoms with van der Waals surface area (Å²) in [5.41, 5.74) is 3.53. The second-order valence-electron chi connectivity index (χ2n) is 7.39. The number of anilines is 1. The highest BCUT2D eigenvalue weighted by atomic mass is 79.9. The van der Waals surface area contributed by atoms with Crippen molar-refractivity contribution in [3.05, 3.63) is 81.4 Å². The Bertz CT molecular complexity index is 1360. The lowest BCUT2D eigenvalue weighted by Crippen LogP contribution is -2.29. The minimum absolute atomic E-state index is 0.192. The van der Waals surface area contributed by atoms with Crippen LogP contribution < -0.4 is 10.6 Å². The third-order valence-corrected chi connectivity index (χ3v) is 6.03. The summed E-state index contributed by atoms with van der Waals surface area (Å²) in [4.78, 5) is 17.2. The molecule has 166 valence electrons. The van der Waals surface area contributed by atoms with Gasteiger partial charge in [-0.3, -0.25) is 4.79 Å². The van der Waals surface area contributed by atoms with Gasteiger partial charge in [0.05, 0.1) is 28.4 Å². The molecule has 9 heteroatoms. The number of benzene rings is 2. The lowest BCUT2D eigenvalue weighted by atomic mass is 10.0. The van der Waals surface area contributed by atoms with Crippen molar-refractivity contribution in [2.45, 2.75) is 12.8 Å². The molecule has 0 fully saturated rings. The highest BCUT2D eigenvalue weighted by Gasteiger charge is 2.13. The lowest BCUT2D eigenvalue weighted by Gasteiger charge is -2.12. The molecule has 0 saturated heterocycles. The van der Waals surface area contributed by atoms with Gasteiger partial charge >= 0.3 is 0 Å². The number of amides is 1. The third kappa shape index (κ3) is 5.00. The minimum Gasteiger partial charge on any atom is -0.368 e. The van der Waals surface area contributed by atoms with Gasteiger partial charge in [0.2, 0.25) is 0 Å². The Hall–Kier alpha value is -3.41. The summed E-state index contributed by atoms with van der Waals surface area (Å²) < 4.78 is 2.46. The molecule has 1 unspecified atom stereocenters. The van der Waals surface area contributed by atoms with Crippen LogP contribution in [0.25, 0.3) is 16.9 Å². The average Bonchev–Trinajstić information content (AvgIpc) is 3.22. The number of halogens is 2. The summed E-state index contributed by atoms with van der Waals surface area (Å²) >= 11 is 9.87. The van der Waals surface area contributed by atoms with Crippen molar-refractivity contribution in [1.82, 2.24) is 19.9 Å². The zero-order chi connectivity index (χ0) is 23.4. The molecule has 0 radical (unpaired) electrons. The highest BCUT2D eigenvalue weighted by Crippen LogP contribution is 2.30. The average molecular weight is 524 g/mol. The van der Waals surface area contributed by atoms with Gasteiger partial charge < -0.3 is 10.6 Å². The Morgan fingerprint density at radius 3 is 2.82 bits per heavy atom. The number of nitrogens with one attached hydrogen (secondary N) is 2. The van der Waals surface area contributed by atoms with Gasteiger partial charge in [0, 0.05) is 35.3 Å². The van der Waals surface area contributed by atoms with E-state index in [-0.39, 0.29) is 11.8 Å². The largest absolute Gasteiger partial charge is 0.368 e. The van der Waals surface area contributed by atoms with E-state index in [1.54, 1.807) is 35.8 Å². The van der Waals surface area contributed by atoms with Crippen LogP contribution >= 0.6 is 27.5 Å². The van der Waals surface area contributed by atoms with Crippen LogP contribution in [0.1, 0.15) is 28.8 Å². The van der Waals surface area contributed by atoms with Gasteiger partial charge in [0.1, 0.15) is 5.82 Å². The molecule has 4 rings (SSSR count). The van der Waals surface area contributed by atoms with Crippen LogP contribution in [0.5, 0.6) is 0 Å². The number of hydrogen-bond donors (Lipinski definition) is 2. The highest BCUT2D eigenvalue weighted by molar-refractivity contribution is 9.10. The number of aromatic nitrogens is 3. The molecule has 0 bridgehead atoms. The smallest absolute Gasteiger partial charge is 0.251 e. The number of carbonyl (C=O) groups excluding carboxylic acids is 1. The SMILES string of the molecule is CC(C#N)c1cccc(C(=O)NCCNc2cc(-c3ccccc3Cl)nc3c(Br)cnn23)c1. The van der Waals surface area contributed by atoms with Gasteiger partial charge in [-0.15, -0.1) is 0 Å². The van der Waals surface area contributed by atoms with E-state index in [0.717, 1.165) is 21.4 Å². The van der Waals surface area contributed by atoms with Crippen LogP contribution in [0, 0.1) is 11.3 Å². The molecular formula is C24H20BrClN6O. The predicted molar refractivity (Wildman–Crippen MR) is 132 cm³/mol. The second kappa shape index (κ2) is 10.0. The molecule has 0 aliphatic heterocycles. The zero-order valence-electron chi connectivity index (χ0n) is 17.7. The van der Waals surface area contributed by atoms with Crippen molar-refractivity contribution in [1.29, 1.82) is 5.26 Å². The van der Waals surface area contributed by atoms with Crippen molar-refractivity contribution >= 4 is 44.9 Å². The Morgan fingerprint density at radius 2 is 2.03 bits per heavy atom. The van der Waals surface area contributed by atoms with E-state index >= 15 is 0 Å². The first-order chi connectivity index (χ1) is 16.0. The van der Waals surface area contributed by atoms with Gasteiger partial charge in [-0.25, -0.2) is 4.98 Å². The summed E-state index contributed by atoms with van der Waals surface area (Å²) in [6.07, 6.45) is 1.68. The molecule has 33 heavy (non-hydrogen) atoms. The standard InChI is InChI=1S/C24H20BrClN6O/c1-15(13-27)16-5-4-6-17(11-16)24(33)29-10-9-28-22-12-21(18-7-2-3-8-20(18)26)31-23-19(25)14-30-32(22)23/h2-8,11-12,14-15,28H,9-10H2,1H3,(H,29,33). The van der Waals surface area contributed by atoms with E-state index < -0.39 is 0 Å². The number of carbonyl (C=O) groups is 1. The van der Waals surface area contributed by atoms with Crippen LogP contribution in [0.3, 0.4) is 0 Å². The fraction of sp³-hybridized carbons (Fsp3) is 0.167. The van der Waals surface area contributed by atoms with Gasteiger partial charge in [0.15, 0.2) is 5.65 Å². The molecule has 7 nitrogen and oxygen atoms in total. The normalized spacial score (nSPS) is 11.7. The number of fused-ring (bicyclic) bond motifs is 1. The van der Waals surface area contributed by atoms with Crippen LogP contribution in [-0.4, -0.2) is 33.6 Å². The molecule has 1 amide bonds. The molecule has 0 saturated carbocycles. The maximum atomic E-state index is 12.5. The van der Waals surface area contributed by atoms with Gasteiger partial charge in [-0.2, -0.15) is 14.9 Å². The van der Waals surface area contributed by atoms with E-state index in [1.807, 2.05) is 36.4 Å². The zero-order valence-corrected chi connectivity index (χ0v) is 20.1. The molecule has 1 atom stereocenters. The van der Waals surface area contributed by atoms with E-state index in [4.69, 9.17) is 16.9 Å². The number of nitrogens with zero attached hydrogens (tertiary/aromatic N) is 4. The number of hydrogen-bond acceptors (Lipinski definition) is 5. The first-order valence-electron chi connectivity index (χ1n) is 10.3. The first kappa shape index (κ1) is 22.8. The fourth-order valence-corrected chi connectivity index (χ4v) is 3.94. The molecule has 4 aromatic rings. The summed E-state index contributed by atoms with van der Waals surface area (Å²) in [7, 11) is 0. The van der Waals surface area contributed by atoms with Crippen molar-refractivity contribution in [2.24, 2.45) is 0 Å². The molecule has 0 aliphatic rings. The monoisotopic (exact) mass is 522 g/mol. The molecule has 2 N–H and O–H groups in total. The van der Waals surface area contributed by atoms with Crippen molar-refractivity contribution in [3.8, 4) is 17.3 Å². The lowest BCUT2D eigenvalue weighted by molar-refractivity contribution is 0.0955. The van der Waals surface area contributed by atoms with Crippen molar-refractivity contribution < 1.29 is 4.79 Å². The van der Waals surface area contributed by atoms with Crippen LogP contribution in [0.2, 0.25) is 5.02 Å². The van der Waals surface area contributed by atoms with E-state index in [2.05, 4.69) is 42.7 Å². The maximum Gasteiger partial charge on any atom is 0.251 e. The van der Waals surface area contributed by atoms with E-state index in [1.165, 1.54) is 0 Å². The Labute approximate surface area is 204 Å².